The summed E-state index contributed by atoms with van der Waals surface area (Å²) in [5, 5.41) is 7.38. The van der Waals surface area contributed by atoms with E-state index in [2.05, 4.69) is 15.3 Å². The summed E-state index contributed by atoms with van der Waals surface area (Å²) in [5.41, 5.74) is 7.64. The number of carbonyl (C=O) groups excluding carboxylic acids is 1. The number of anilines is 1. The van der Waals surface area contributed by atoms with Crippen molar-refractivity contribution < 1.29 is 4.79 Å². The van der Waals surface area contributed by atoms with Crippen molar-refractivity contribution in [3.05, 3.63) is 11.4 Å². The van der Waals surface area contributed by atoms with Gasteiger partial charge in [-0.2, -0.15) is 5.10 Å². The lowest BCUT2D eigenvalue weighted by Crippen LogP contribution is -2.47. The molecule has 110 valence electrons. The zero-order valence-electron chi connectivity index (χ0n) is 12.2. The standard InChI is InChI=1S/C14H23N5O/c1-9-12(15)13(18(2)17-9)14(20)16-10-6-8-19-7-4-3-5-11(10)19/h10-11H,3-8,15H2,1-2H3,(H,16,20). The Hall–Kier alpha value is -1.56. The summed E-state index contributed by atoms with van der Waals surface area (Å²) in [6.07, 6.45) is 4.77. The number of nitrogens with one attached hydrogen (secondary N) is 1. The van der Waals surface area contributed by atoms with Gasteiger partial charge in [0.05, 0.1) is 11.4 Å². The number of aromatic nitrogens is 2. The van der Waals surface area contributed by atoms with Crippen LogP contribution in [0.25, 0.3) is 0 Å². The predicted octanol–water partition coefficient (Wildman–Crippen LogP) is 0.667. The molecule has 2 aliphatic heterocycles. The van der Waals surface area contributed by atoms with E-state index in [4.69, 9.17) is 5.73 Å². The van der Waals surface area contributed by atoms with Crippen LogP contribution >= 0.6 is 0 Å². The van der Waals surface area contributed by atoms with Crippen LogP contribution in [0.15, 0.2) is 0 Å². The predicted molar refractivity (Wildman–Crippen MR) is 77.4 cm³/mol. The lowest BCUT2D eigenvalue weighted by Gasteiger charge is -2.32. The van der Waals surface area contributed by atoms with Crippen LogP contribution in [0.1, 0.15) is 41.9 Å². The molecular weight excluding hydrogens is 254 g/mol. The van der Waals surface area contributed by atoms with Crippen molar-refractivity contribution in [2.75, 3.05) is 18.8 Å². The topological polar surface area (TPSA) is 76.2 Å². The van der Waals surface area contributed by atoms with Gasteiger partial charge in [-0.25, -0.2) is 0 Å². The Labute approximate surface area is 119 Å². The van der Waals surface area contributed by atoms with Crippen LogP contribution in [-0.4, -0.2) is 45.8 Å². The van der Waals surface area contributed by atoms with Crippen molar-refractivity contribution in [3.8, 4) is 0 Å². The van der Waals surface area contributed by atoms with Gasteiger partial charge in [0.1, 0.15) is 5.69 Å². The average Bonchev–Trinajstić information content (AvgIpc) is 2.92. The molecule has 2 fully saturated rings. The Morgan fingerprint density at radius 1 is 1.35 bits per heavy atom. The number of rotatable bonds is 2. The molecule has 2 saturated heterocycles. The van der Waals surface area contributed by atoms with Gasteiger partial charge in [0.2, 0.25) is 0 Å². The van der Waals surface area contributed by atoms with Crippen LogP contribution < -0.4 is 11.1 Å². The van der Waals surface area contributed by atoms with Gasteiger partial charge in [0, 0.05) is 25.7 Å². The quantitative estimate of drug-likeness (QED) is 0.833. The fourth-order valence-corrected chi connectivity index (χ4v) is 3.60. The number of hydrogen-bond donors (Lipinski definition) is 2. The summed E-state index contributed by atoms with van der Waals surface area (Å²) in [5.74, 6) is -0.0944. The molecule has 1 aromatic rings. The lowest BCUT2D eigenvalue weighted by molar-refractivity contribution is 0.0907. The minimum atomic E-state index is -0.0944. The number of fused-ring (bicyclic) bond motifs is 1. The van der Waals surface area contributed by atoms with Crippen molar-refractivity contribution in [2.24, 2.45) is 7.05 Å². The molecule has 0 aromatic carbocycles. The van der Waals surface area contributed by atoms with Gasteiger partial charge in [0.15, 0.2) is 0 Å². The average molecular weight is 277 g/mol. The molecule has 2 atom stereocenters. The summed E-state index contributed by atoms with van der Waals surface area (Å²) in [6, 6.07) is 0.751. The molecule has 6 heteroatoms. The Balaban J connectivity index is 1.73. The van der Waals surface area contributed by atoms with E-state index >= 15 is 0 Å². The normalized spacial score (nSPS) is 26.5. The van der Waals surface area contributed by atoms with E-state index in [1.807, 2.05) is 6.92 Å². The van der Waals surface area contributed by atoms with Gasteiger partial charge >= 0.3 is 0 Å². The fraction of sp³-hybridized carbons (Fsp3) is 0.714. The molecular formula is C14H23N5O. The van der Waals surface area contributed by atoms with Gasteiger partial charge in [-0.1, -0.05) is 6.42 Å². The largest absolute Gasteiger partial charge is 0.395 e. The number of hydrogen-bond acceptors (Lipinski definition) is 4. The highest BCUT2D eigenvalue weighted by Gasteiger charge is 2.36. The van der Waals surface area contributed by atoms with Gasteiger partial charge in [0.25, 0.3) is 5.91 Å². The zero-order chi connectivity index (χ0) is 14.3. The van der Waals surface area contributed by atoms with Gasteiger partial charge in [-0.15, -0.1) is 0 Å². The van der Waals surface area contributed by atoms with E-state index in [1.165, 1.54) is 25.8 Å². The smallest absolute Gasteiger partial charge is 0.271 e. The van der Waals surface area contributed by atoms with Crippen molar-refractivity contribution in [2.45, 2.75) is 44.7 Å². The Morgan fingerprint density at radius 3 is 2.85 bits per heavy atom. The van der Waals surface area contributed by atoms with Crippen molar-refractivity contribution in [1.82, 2.24) is 20.0 Å². The third kappa shape index (κ3) is 2.18. The molecule has 0 saturated carbocycles. The molecule has 3 N–H and O–H groups in total. The second-order valence-corrected chi connectivity index (χ2v) is 5.94. The zero-order valence-corrected chi connectivity index (χ0v) is 12.2. The van der Waals surface area contributed by atoms with E-state index in [1.54, 1.807) is 11.7 Å². The SMILES string of the molecule is Cc1nn(C)c(C(=O)NC2CCN3CCCCC23)c1N. The minimum Gasteiger partial charge on any atom is -0.395 e. The van der Waals surface area contributed by atoms with Gasteiger partial charge in [-0.3, -0.25) is 14.4 Å². The van der Waals surface area contributed by atoms with E-state index < -0.39 is 0 Å². The summed E-state index contributed by atoms with van der Waals surface area (Å²) < 4.78 is 1.58. The Morgan fingerprint density at radius 2 is 2.15 bits per heavy atom. The van der Waals surface area contributed by atoms with E-state index in [0.717, 1.165) is 13.0 Å². The number of amides is 1. The van der Waals surface area contributed by atoms with Gasteiger partial charge < -0.3 is 11.1 Å². The molecule has 2 aliphatic rings. The van der Waals surface area contributed by atoms with Crippen LogP contribution in [-0.2, 0) is 7.05 Å². The fourth-order valence-electron chi connectivity index (χ4n) is 3.60. The maximum atomic E-state index is 12.5. The first-order valence-electron chi connectivity index (χ1n) is 7.42. The van der Waals surface area contributed by atoms with Crippen molar-refractivity contribution >= 4 is 11.6 Å². The molecule has 0 spiro atoms. The highest BCUT2D eigenvalue weighted by Crippen LogP contribution is 2.27. The summed E-state index contributed by atoms with van der Waals surface area (Å²) in [7, 11) is 1.76. The molecule has 0 aliphatic carbocycles. The van der Waals surface area contributed by atoms with Gasteiger partial charge in [-0.05, 0) is 32.7 Å². The minimum absolute atomic E-state index is 0.0944. The Bertz CT molecular complexity index is 524. The van der Waals surface area contributed by atoms with E-state index in [9.17, 15) is 4.79 Å². The summed E-state index contributed by atoms with van der Waals surface area (Å²) >= 11 is 0. The van der Waals surface area contributed by atoms with Crippen molar-refractivity contribution in [1.29, 1.82) is 0 Å². The summed E-state index contributed by atoms with van der Waals surface area (Å²) in [4.78, 5) is 15.0. The first kappa shape index (κ1) is 13.4. The number of nitrogen functional groups attached to an aromatic ring is 1. The highest BCUT2D eigenvalue weighted by molar-refractivity contribution is 5.98. The third-order valence-electron chi connectivity index (χ3n) is 4.66. The number of nitrogens with zero attached hydrogens (tertiary/aromatic N) is 3. The molecule has 3 rings (SSSR count). The van der Waals surface area contributed by atoms with E-state index in [-0.39, 0.29) is 11.9 Å². The molecule has 2 unspecified atom stereocenters. The number of carbonyl (C=O) groups is 1. The maximum absolute atomic E-state index is 12.5. The molecule has 0 radical (unpaired) electrons. The molecule has 20 heavy (non-hydrogen) atoms. The van der Waals surface area contributed by atoms with Crippen LogP contribution in [0.3, 0.4) is 0 Å². The van der Waals surface area contributed by atoms with Crippen LogP contribution in [0.2, 0.25) is 0 Å². The number of piperidine rings is 1. The van der Waals surface area contributed by atoms with Crippen molar-refractivity contribution in [3.63, 3.8) is 0 Å². The molecule has 3 heterocycles. The highest BCUT2D eigenvalue weighted by atomic mass is 16.2. The number of nitrogens with two attached hydrogens (primary N) is 1. The molecule has 0 bridgehead atoms. The lowest BCUT2D eigenvalue weighted by atomic mass is 9.99. The molecule has 6 nitrogen and oxygen atoms in total. The third-order valence-corrected chi connectivity index (χ3v) is 4.66. The monoisotopic (exact) mass is 277 g/mol. The van der Waals surface area contributed by atoms with E-state index in [0.29, 0.717) is 23.1 Å². The first-order chi connectivity index (χ1) is 9.58. The summed E-state index contributed by atoms with van der Waals surface area (Å²) in [6.45, 7) is 4.09. The van der Waals surface area contributed by atoms with Crippen LogP contribution in [0.5, 0.6) is 0 Å². The molecule has 1 amide bonds. The first-order valence-corrected chi connectivity index (χ1v) is 7.42. The number of aryl methyl sites for hydroxylation is 2. The molecule has 1 aromatic heterocycles. The maximum Gasteiger partial charge on any atom is 0.271 e. The van der Waals surface area contributed by atoms with Crippen LogP contribution in [0.4, 0.5) is 5.69 Å². The second-order valence-electron chi connectivity index (χ2n) is 5.94. The Kier molecular flexibility index (Phi) is 3.41. The second kappa shape index (κ2) is 5.09. The van der Waals surface area contributed by atoms with Crippen LogP contribution in [0, 0.1) is 6.92 Å².